The van der Waals surface area contributed by atoms with Crippen LogP contribution in [0.1, 0.15) is 30.0 Å². The van der Waals surface area contributed by atoms with Crippen molar-refractivity contribution in [3.8, 4) is 11.5 Å². The second-order valence-electron chi connectivity index (χ2n) is 3.99. The number of carboxylic acid groups (broad SMARTS) is 1. The SMILES string of the molecule is COc1c(C)c(Br)cc(C(N)CCC(=O)O)c1O. The van der Waals surface area contributed by atoms with E-state index in [0.717, 1.165) is 10.0 Å². The van der Waals surface area contributed by atoms with Gasteiger partial charge in [-0.15, -0.1) is 0 Å². The Labute approximate surface area is 114 Å². The molecular weight excluding hydrogens is 302 g/mol. The molecule has 18 heavy (non-hydrogen) atoms. The van der Waals surface area contributed by atoms with Crippen molar-refractivity contribution in [3.63, 3.8) is 0 Å². The summed E-state index contributed by atoms with van der Waals surface area (Å²) in [5, 5.41) is 18.7. The van der Waals surface area contributed by atoms with Gasteiger partial charge in [0.1, 0.15) is 0 Å². The van der Waals surface area contributed by atoms with Gasteiger partial charge in [-0.2, -0.15) is 0 Å². The first-order chi connectivity index (χ1) is 8.38. The average molecular weight is 318 g/mol. The molecule has 0 aliphatic rings. The fraction of sp³-hybridized carbons (Fsp3) is 0.417. The van der Waals surface area contributed by atoms with E-state index >= 15 is 0 Å². The minimum absolute atomic E-state index is 0.0314. The number of ether oxygens (including phenoxy) is 1. The summed E-state index contributed by atoms with van der Waals surface area (Å²) in [6, 6.07) is 1.14. The number of methoxy groups -OCH3 is 1. The molecule has 0 saturated heterocycles. The summed E-state index contributed by atoms with van der Waals surface area (Å²) < 4.78 is 5.88. The number of carbonyl (C=O) groups is 1. The monoisotopic (exact) mass is 317 g/mol. The van der Waals surface area contributed by atoms with Crippen molar-refractivity contribution >= 4 is 21.9 Å². The number of benzene rings is 1. The fourth-order valence-electron chi connectivity index (χ4n) is 1.70. The topological polar surface area (TPSA) is 92.8 Å². The molecular formula is C12H16BrNO4. The van der Waals surface area contributed by atoms with Crippen molar-refractivity contribution in [2.24, 2.45) is 5.73 Å². The smallest absolute Gasteiger partial charge is 0.303 e. The van der Waals surface area contributed by atoms with Gasteiger partial charge in [0, 0.05) is 28.1 Å². The number of rotatable bonds is 5. The summed E-state index contributed by atoms with van der Waals surface area (Å²) in [6.07, 6.45) is 0.204. The summed E-state index contributed by atoms with van der Waals surface area (Å²) in [7, 11) is 1.46. The molecule has 1 atom stereocenters. The highest BCUT2D eigenvalue weighted by Crippen LogP contribution is 2.40. The molecule has 0 bridgehead atoms. The predicted octanol–water partition coefficient (Wildman–Crippen LogP) is 2.34. The van der Waals surface area contributed by atoms with E-state index in [-0.39, 0.29) is 18.6 Å². The van der Waals surface area contributed by atoms with Crippen molar-refractivity contribution in [2.45, 2.75) is 25.8 Å². The summed E-state index contributed by atoms with van der Waals surface area (Å²) in [5.41, 5.74) is 7.13. The number of phenols is 1. The van der Waals surface area contributed by atoms with E-state index in [9.17, 15) is 9.90 Å². The van der Waals surface area contributed by atoms with E-state index in [0.29, 0.717) is 11.3 Å². The van der Waals surface area contributed by atoms with Crippen LogP contribution in [0.3, 0.4) is 0 Å². The molecule has 0 aromatic heterocycles. The highest BCUT2D eigenvalue weighted by atomic mass is 79.9. The van der Waals surface area contributed by atoms with Gasteiger partial charge in [0.15, 0.2) is 11.5 Å². The van der Waals surface area contributed by atoms with Gasteiger partial charge in [0.25, 0.3) is 0 Å². The Balaban J connectivity index is 3.09. The molecule has 5 nitrogen and oxygen atoms in total. The van der Waals surface area contributed by atoms with Crippen LogP contribution in [0.2, 0.25) is 0 Å². The zero-order chi connectivity index (χ0) is 13.9. The third-order valence-electron chi connectivity index (χ3n) is 2.74. The molecule has 0 amide bonds. The number of nitrogens with two attached hydrogens (primary N) is 1. The second kappa shape index (κ2) is 6.06. The van der Waals surface area contributed by atoms with Crippen LogP contribution in [0.5, 0.6) is 11.5 Å². The standard InChI is InChI=1S/C12H16BrNO4/c1-6-8(13)5-7(11(17)12(6)18-2)9(14)3-4-10(15)16/h5,9,17H,3-4,14H2,1-2H3,(H,15,16). The van der Waals surface area contributed by atoms with E-state index in [1.165, 1.54) is 7.11 Å². The van der Waals surface area contributed by atoms with Crippen molar-refractivity contribution in [2.75, 3.05) is 7.11 Å². The first-order valence-electron chi connectivity index (χ1n) is 5.41. The maximum absolute atomic E-state index is 10.5. The lowest BCUT2D eigenvalue weighted by molar-refractivity contribution is -0.137. The number of carboxylic acids is 1. The van der Waals surface area contributed by atoms with Crippen molar-refractivity contribution in [3.05, 3.63) is 21.7 Å². The van der Waals surface area contributed by atoms with Crippen molar-refractivity contribution in [1.82, 2.24) is 0 Å². The van der Waals surface area contributed by atoms with Gasteiger partial charge in [-0.3, -0.25) is 4.79 Å². The number of halogens is 1. The summed E-state index contributed by atoms with van der Waals surface area (Å²) in [5.74, 6) is -0.593. The molecule has 0 aliphatic carbocycles. The zero-order valence-corrected chi connectivity index (χ0v) is 11.8. The third kappa shape index (κ3) is 3.14. The Kier molecular flexibility index (Phi) is 4.98. The van der Waals surface area contributed by atoms with E-state index < -0.39 is 12.0 Å². The molecule has 100 valence electrons. The molecule has 0 spiro atoms. The summed E-state index contributed by atoms with van der Waals surface area (Å²) in [4.78, 5) is 10.5. The first kappa shape index (κ1) is 14.8. The molecule has 0 saturated carbocycles. The number of aliphatic carboxylic acids is 1. The largest absolute Gasteiger partial charge is 0.504 e. The van der Waals surface area contributed by atoms with E-state index in [4.69, 9.17) is 15.6 Å². The van der Waals surface area contributed by atoms with Gasteiger partial charge >= 0.3 is 5.97 Å². The number of hydrogen-bond donors (Lipinski definition) is 3. The Morgan fingerprint density at radius 3 is 2.72 bits per heavy atom. The van der Waals surface area contributed by atoms with Gasteiger partial charge in [-0.05, 0) is 19.4 Å². The van der Waals surface area contributed by atoms with Crippen LogP contribution in [0.4, 0.5) is 0 Å². The van der Waals surface area contributed by atoms with Gasteiger partial charge in [0.2, 0.25) is 0 Å². The second-order valence-corrected chi connectivity index (χ2v) is 4.85. The minimum atomic E-state index is -0.914. The van der Waals surface area contributed by atoms with Gasteiger partial charge in [0.05, 0.1) is 7.11 Å². The van der Waals surface area contributed by atoms with E-state index in [2.05, 4.69) is 15.9 Å². The van der Waals surface area contributed by atoms with Crippen LogP contribution >= 0.6 is 15.9 Å². The Morgan fingerprint density at radius 1 is 1.61 bits per heavy atom. The molecule has 0 radical (unpaired) electrons. The van der Waals surface area contributed by atoms with E-state index in [1.54, 1.807) is 13.0 Å². The van der Waals surface area contributed by atoms with Crippen LogP contribution in [0.15, 0.2) is 10.5 Å². The highest BCUT2D eigenvalue weighted by Gasteiger charge is 2.19. The van der Waals surface area contributed by atoms with Crippen molar-refractivity contribution in [1.29, 1.82) is 0 Å². The molecule has 6 heteroatoms. The van der Waals surface area contributed by atoms with Gasteiger partial charge < -0.3 is 20.7 Å². The fourth-order valence-corrected chi connectivity index (χ4v) is 2.12. The molecule has 4 N–H and O–H groups in total. The lowest BCUT2D eigenvalue weighted by Gasteiger charge is -2.17. The molecule has 1 unspecified atom stereocenters. The van der Waals surface area contributed by atoms with E-state index in [1.807, 2.05) is 0 Å². The van der Waals surface area contributed by atoms with Crippen LogP contribution in [-0.2, 0) is 4.79 Å². The lowest BCUT2D eigenvalue weighted by Crippen LogP contribution is -2.13. The number of phenolic OH excluding ortho intramolecular Hbond substituents is 1. The quantitative estimate of drug-likeness (QED) is 0.775. The molecule has 0 heterocycles. The number of hydrogen-bond acceptors (Lipinski definition) is 4. The first-order valence-corrected chi connectivity index (χ1v) is 6.21. The summed E-state index contributed by atoms with van der Waals surface area (Å²) >= 11 is 3.36. The third-order valence-corrected chi connectivity index (χ3v) is 3.57. The lowest BCUT2D eigenvalue weighted by atomic mass is 9.99. The Hall–Kier alpha value is -1.27. The average Bonchev–Trinajstić information content (AvgIpc) is 2.31. The van der Waals surface area contributed by atoms with Crippen LogP contribution < -0.4 is 10.5 Å². The van der Waals surface area contributed by atoms with Gasteiger partial charge in [-0.1, -0.05) is 15.9 Å². The number of aromatic hydroxyl groups is 1. The van der Waals surface area contributed by atoms with Crippen molar-refractivity contribution < 1.29 is 19.7 Å². The molecule has 1 aromatic rings. The van der Waals surface area contributed by atoms with Crippen LogP contribution in [0.25, 0.3) is 0 Å². The minimum Gasteiger partial charge on any atom is -0.504 e. The molecule has 1 aromatic carbocycles. The maximum Gasteiger partial charge on any atom is 0.303 e. The summed E-state index contributed by atoms with van der Waals surface area (Å²) in [6.45, 7) is 1.80. The Morgan fingerprint density at radius 2 is 2.22 bits per heavy atom. The molecule has 0 aliphatic heterocycles. The normalized spacial score (nSPS) is 12.2. The van der Waals surface area contributed by atoms with Gasteiger partial charge in [-0.25, -0.2) is 0 Å². The Bertz CT molecular complexity index is 462. The zero-order valence-electron chi connectivity index (χ0n) is 10.2. The highest BCUT2D eigenvalue weighted by molar-refractivity contribution is 9.10. The van der Waals surface area contributed by atoms with Crippen LogP contribution in [-0.4, -0.2) is 23.3 Å². The molecule has 0 fully saturated rings. The molecule has 1 rings (SSSR count). The van der Waals surface area contributed by atoms with Crippen LogP contribution in [0, 0.1) is 6.92 Å². The predicted molar refractivity (Wildman–Crippen MR) is 70.9 cm³/mol. The maximum atomic E-state index is 10.5.